The number of rotatable bonds is 3. The summed E-state index contributed by atoms with van der Waals surface area (Å²) >= 11 is 0. The molecule has 0 radical (unpaired) electrons. The summed E-state index contributed by atoms with van der Waals surface area (Å²) in [6, 6.07) is 0. The molecule has 0 aromatic carbocycles. The molecule has 76 valence electrons. The molecule has 0 aliphatic heterocycles. The number of hydrogen-bond donors (Lipinski definition) is 2. The zero-order valence-electron chi connectivity index (χ0n) is 8.80. The molecule has 1 rings (SSSR count). The highest BCUT2D eigenvalue weighted by Crippen LogP contribution is 2.47. The first-order valence-corrected chi connectivity index (χ1v) is 4.94. The van der Waals surface area contributed by atoms with Crippen LogP contribution in [0.25, 0.3) is 0 Å². The van der Waals surface area contributed by atoms with E-state index in [-0.39, 0.29) is 18.6 Å². The first-order chi connectivity index (χ1) is 6.04. The van der Waals surface area contributed by atoms with Crippen molar-refractivity contribution in [2.24, 2.45) is 11.3 Å². The summed E-state index contributed by atoms with van der Waals surface area (Å²) in [5, 5.41) is 18.1. The SMILES string of the molecule is CC1=C(CCO)CC(CO)C1(C)C. The molecule has 0 spiro atoms. The van der Waals surface area contributed by atoms with E-state index in [1.807, 2.05) is 0 Å². The average Bonchev–Trinajstić information content (AvgIpc) is 2.29. The second kappa shape index (κ2) is 3.81. The third kappa shape index (κ3) is 1.79. The van der Waals surface area contributed by atoms with Gasteiger partial charge >= 0.3 is 0 Å². The van der Waals surface area contributed by atoms with Gasteiger partial charge in [0.15, 0.2) is 0 Å². The quantitative estimate of drug-likeness (QED) is 0.656. The van der Waals surface area contributed by atoms with Gasteiger partial charge in [-0.05, 0) is 31.1 Å². The van der Waals surface area contributed by atoms with Crippen molar-refractivity contribution in [2.75, 3.05) is 13.2 Å². The Kier molecular flexibility index (Phi) is 3.14. The van der Waals surface area contributed by atoms with Crippen LogP contribution in [-0.2, 0) is 0 Å². The molecule has 0 aromatic heterocycles. The van der Waals surface area contributed by atoms with Crippen molar-refractivity contribution in [3.8, 4) is 0 Å². The highest BCUT2D eigenvalue weighted by Gasteiger charge is 2.37. The summed E-state index contributed by atoms with van der Waals surface area (Å²) in [6.45, 7) is 6.95. The smallest absolute Gasteiger partial charge is 0.0470 e. The minimum atomic E-state index is 0.110. The molecule has 1 aliphatic rings. The molecule has 0 bridgehead atoms. The maximum atomic E-state index is 9.22. The largest absolute Gasteiger partial charge is 0.396 e. The third-order valence-corrected chi connectivity index (χ3v) is 3.64. The van der Waals surface area contributed by atoms with Gasteiger partial charge in [-0.15, -0.1) is 0 Å². The van der Waals surface area contributed by atoms with Crippen LogP contribution in [0.1, 0.15) is 33.6 Å². The molecule has 2 heteroatoms. The monoisotopic (exact) mass is 184 g/mol. The molecule has 1 aliphatic carbocycles. The average molecular weight is 184 g/mol. The predicted molar refractivity (Wildman–Crippen MR) is 53.4 cm³/mol. The molecular formula is C11H20O2. The zero-order chi connectivity index (χ0) is 10.1. The second-order valence-electron chi connectivity index (χ2n) is 4.51. The van der Waals surface area contributed by atoms with E-state index in [0.29, 0.717) is 5.92 Å². The molecule has 0 amide bonds. The lowest BCUT2D eigenvalue weighted by molar-refractivity contribution is 0.157. The van der Waals surface area contributed by atoms with Crippen molar-refractivity contribution in [1.29, 1.82) is 0 Å². The first kappa shape index (κ1) is 10.7. The van der Waals surface area contributed by atoms with Crippen molar-refractivity contribution in [1.82, 2.24) is 0 Å². The molecule has 2 N–H and O–H groups in total. The van der Waals surface area contributed by atoms with E-state index in [1.165, 1.54) is 11.1 Å². The highest BCUT2D eigenvalue weighted by molar-refractivity contribution is 5.27. The Balaban J connectivity index is 2.82. The Bertz CT molecular complexity index is 216. The number of aliphatic hydroxyl groups is 2. The van der Waals surface area contributed by atoms with Gasteiger partial charge in [0.2, 0.25) is 0 Å². The van der Waals surface area contributed by atoms with E-state index in [1.54, 1.807) is 0 Å². The fraction of sp³-hybridized carbons (Fsp3) is 0.818. The number of hydrogen-bond acceptors (Lipinski definition) is 2. The summed E-state index contributed by atoms with van der Waals surface area (Å²) < 4.78 is 0. The molecule has 0 saturated heterocycles. The van der Waals surface area contributed by atoms with Gasteiger partial charge in [-0.1, -0.05) is 25.0 Å². The van der Waals surface area contributed by atoms with Crippen LogP contribution >= 0.6 is 0 Å². The van der Waals surface area contributed by atoms with Crippen molar-refractivity contribution < 1.29 is 10.2 Å². The van der Waals surface area contributed by atoms with Crippen molar-refractivity contribution >= 4 is 0 Å². The van der Waals surface area contributed by atoms with Gasteiger partial charge in [-0.25, -0.2) is 0 Å². The second-order valence-corrected chi connectivity index (χ2v) is 4.51. The summed E-state index contributed by atoms with van der Waals surface area (Å²) in [7, 11) is 0. The Morgan fingerprint density at radius 2 is 2.00 bits per heavy atom. The van der Waals surface area contributed by atoms with Crippen LogP contribution in [0, 0.1) is 11.3 Å². The lowest BCUT2D eigenvalue weighted by Crippen LogP contribution is -2.23. The van der Waals surface area contributed by atoms with E-state index in [2.05, 4.69) is 20.8 Å². The highest BCUT2D eigenvalue weighted by atomic mass is 16.3. The Labute approximate surface area is 80.3 Å². The standard InChI is InChI=1S/C11H20O2/c1-8-9(4-5-12)6-10(7-13)11(8,2)3/h10,12-13H,4-7H2,1-3H3. The molecule has 1 atom stereocenters. The van der Waals surface area contributed by atoms with Crippen LogP contribution in [0.4, 0.5) is 0 Å². The van der Waals surface area contributed by atoms with Crippen molar-refractivity contribution in [3.63, 3.8) is 0 Å². The molecule has 0 fully saturated rings. The predicted octanol–water partition coefficient (Wildman–Crippen LogP) is 1.72. The maximum Gasteiger partial charge on any atom is 0.0470 e. The molecule has 0 heterocycles. The van der Waals surface area contributed by atoms with Gasteiger partial charge in [0.1, 0.15) is 0 Å². The first-order valence-electron chi connectivity index (χ1n) is 4.94. The normalized spacial score (nSPS) is 27.0. The van der Waals surface area contributed by atoms with Crippen LogP contribution in [0.3, 0.4) is 0 Å². The van der Waals surface area contributed by atoms with E-state index in [4.69, 9.17) is 5.11 Å². The van der Waals surface area contributed by atoms with Crippen molar-refractivity contribution in [3.05, 3.63) is 11.1 Å². The molecule has 2 nitrogen and oxygen atoms in total. The fourth-order valence-electron chi connectivity index (χ4n) is 2.18. The Morgan fingerprint density at radius 1 is 1.38 bits per heavy atom. The maximum absolute atomic E-state index is 9.22. The molecule has 0 aromatic rings. The van der Waals surface area contributed by atoms with Gasteiger partial charge in [0.05, 0.1) is 0 Å². The lowest BCUT2D eigenvalue weighted by Gasteiger charge is -2.27. The minimum Gasteiger partial charge on any atom is -0.396 e. The van der Waals surface area contributed by atoms with Gasteiger partial charge in [-0.2, -0.15) is 0 Å². The number of allylic oxidation sites excluding steroid dienone is 1. The van der Waals surface area contributed by atoms with Crippen LogP contribution in [-0.4, -0.2) is 23.4 Å². The van der Waals surface area contributed by atoms with E-state index < -0.39 is 0 Å². The molecule has 0 saturated carbocycles. The van der Waals surface area contributed by atoms with E-state index >= 15 is 0 Å². The summed E-state index contributed by atoms with van der Waals surface area (Å²) in [5.74, 6) is 0.342. The fourth-order valence-corrected chi connectivity index (χ4v) is 2.18. The summed E-state index contributed by atoms with van der Waals surface area (Å²) in [4.78, 5) is 0. The third-order valence-electron chi connectivity index (χ3n) is 3.64. The zero-order valence-corrected chi connectivity index (χ0v) is 8.80. The van der Waals surface area contributed by atoms with E-state index in [0.717, 1.165) is 12.8 Å². The minimum absolute atomic E-state index is 0.110. The van der Waals surface area contributed by atoms with Crippen molar-refractivity contribution in [2.45, 2.75) is 33.6 Å². The van der Waals surface area contributed by atoms with Crippen LogP contribution in [0.5, 0.6) is 0 Å². The summed E-state index contributed by atoms with van der Waals surface area (Å²) in [5.41, 5.74) is 2.81. The van der Waals surface area contributed by atoms with E-state index in [9.17, 15) is 5.11 Å². The molecular weight excluding hydrogens is 164 g/mol. The topological polar surface area (TPSA) is 40.5 Å². The summed E-state index contributed by atoms with van der Waals surface area (Å²) in [6.07, 6.45) is 1.72. The lowest BCUT2D eigenvalue weighted by atomic mass is 9.78. The Hall–Kier alpha value is -0.340. The molecule has 13 heavy (non-hydrogen) atoms. The van der Waals surface area contributed by atoms with Crippen LogP contribution in [0.2, 0.25) is 0 Å². The van der Waals surface area contributed by atoms with Gasteiger partial charge in [0, 0.05) is 13.2 Å². The Morgan fingerprint density at radius 3 is 2.38 bits per heavy atom. The molecule has 1 unspecified atom stereocenters. The van der Waals surface area contributed by atoms with Gasteiger partial charge in [0.25, 0.3) is 0 Å². The number of aliphatic hydroxyl groups excluding tert-OH is 2. The van der Waals surface area contributed by atoms with Crippen LogP contribution < -0.4 is 0 Å². The van der Waals surface area contributed by atoms with Crippen LogP contribution in [0.15, 0.2) is 11.1 Å². The van der Waals surface area contributed by atoms with Gasteiger partial charge in [-0.3, -0.25) is 0 Å². The van der Waals surface area contributed by atoms with Gasteiger partial charge < -0.3 is 10.2 Å².